The molecule has 12 heavy (non-hydrogen) atoms. The molecule has 64 valence electrons. The lowest BCUT2D eigenvalue weighted by Gasteiger charge is -2.11. The van der Waals surface area contributed by atoms with E-state index in [1.54, 1.807) is 11.0 Å². The Bertz CT molecular complexity index is 299. The molecule has 0 atom stereocenters. The summed E-state index contributed by atoms with van der Waals surface area (Å²) >= 11 is 5.68. The minimum absolute atomic E-state index is 0.336. The second kappa shape index (κ2) is 3.54. The van der Waals surface area contributed by atoms with Gasteiger partial charge in [-0.25, -0.2) is 4.98 Å². The largest absolute Gasteiger partial charge is 0.363 e. The lowest BCUT2D eigenvalue weighted by molar-refractivity contribution is 0.112. The molecule has 0 N–H and O–H groups in total. The summed E-state index contributed by atoms with van der Waals surface area (Å²) in [6.07, 6.45) is 0.751. The summed E-state index contributed by atoms with van der Waals surface area (Å²) in [5.74, 6) is 0.685. The molecule has 0 aliphatic rings. The molecule has 0 fully saturated rings. The molecule has 1 aromatic rings. The Labute approximate surface area is 76.0 Å². The third-order valence-corrected chi connectivity index (χ3v) is 1.59. The summed E-state index contributed by atoms with van der Waals surface area (Å²) in [5.41, 5.74) is 0.540. The average molecular weight is 185 g/mol. The van der Waals surface area contributed by atoms with Crippen LogP contribution in [0, 0.1) is 0 Å². The zero-order valence-electron chi connectivity index (χ0n) is 6.91. The number of pyridine rings is 1. The highest BCUT2D eigenvalue weighted by atomic mass is 35.5. The normalized spacial score (nSPS) is 9.58. The Kier molecular flexibility index (Phi) is 2.65. The molecule has 0 unspecified atom stereocenters. The summed E-state index contributed by atoms with van der Waals surface area (Å²) in [6, 6.07) is 3.21. The lowest BCUT2D eigenvalue weighted by atomic mass is 10.3. The maximum atomic E-state index is 10.4. The number of hydrogen-bond donors (Lipinski definition) is 0. The van der Waals surface area contributed by atoms with Gasteiger partial charge in [-0.05, 0) is 12.1 Å². The number of anilines is 1. The first-order chi connectivity index (χ1) is 5.63. The molecule has 4 heteroatoms. The topological polar surface area (TPSA) is 33.2 Å². The van der Waals surface area contributed by atoms with Gasteiger partial charge in [-0.15, -0.1) is 0 Å². The maximum absolute atomic E-state index is 10.4. The van der Waals surface area contributed by atoms with Crippen LogP contribution < -0.4 is 4.90 Å². The monoisotopic (exact) mass is 184 g/mol. The second-order valence-corrected chi connectivity index (χ2v) is 2.98. The van der Waals surface area contributed by atoms with Crippen LogP contribution in [-0.4, -0.2) is 25.4 Å². The van der Waals surface area contributed by atoms with Gasteiger partial charge in [-0.2, -0.15) is 0 Å². The summed E-state index contributed by atoms with van der Waals surface area (Å²) in [7, 11) is 3.68. The molecule has 0 spiro atoms. The number of aromatic nitrogens is 1. The zero-order valence-corrected chi connectivity index (χ0v) is 7.67. The summed E-state index contributed by atoms with van der Waals surface area (Å²) in [4.78, 5) is 16.2. The molecule has 1 heterocycles. The van der Waals surface area contributed by atoms with Gasteiger partial charge in [0.25, 0.3) is 0 Å². The summed E-state index contributed by atoms with van der Waals surface area (Å²) in [5, 5.41) is 0.336. The van der Waals surface area contributed by atoms with Gasteiger partial charge in [-0.1, -0.05) is 11.6 Å². The number of rotatable bonds is 2. The molecule has 1 aromatic heterocycles. The standard InChI is InChI=1S/C8H9ClN2O/c1-11(2)8-4-6(5-12)3-7(9)10-8/h3-5H,1-2H3. The number of carbonyl (C=O) groups excluding carboxylic acids is 1. The van der Waals surface area contributed by atoms with Crippen molar-refractivity contribution in [1.29, 1.82) is 0 Å². The summed E-state index contributed by atoms with van der Waals surface area (Å²) in [6.45, 7) is 0. The highest BCUT2D eigenvalue weighted by Gasteiger charge is 2.01. The van der Waals surface area contributed by atoms with Gasteiger partial charge in [-0.3, -0.25) is 4.79 Å². The van der Waals surface area contributed by atoms with Crippen molar-refractivity contribution < 1.29 is 4.79 Å². The van der Waals surface area contributed by atoms with Crippen LogP contribution in [0.1, 0.15) is 10.4 Å². The van der Waals surface area contributed by atoms with E-state index in [1.807, 2.05) is 14.1 Å². The van der Waals surface area contributed by atoms with Crippen LogP contribution in [0.5, 0.6) is 0 Å². The maximum Gasteiger partial charge on any atom is 0.150 e. The van der Waals surface area contributed by atoms with E-state index in [2.05, 4.69) is 4.98 Å². The molecule has 1 rings (SSSR count). The van der Waals surface area contributed by atoms with Crippen molar-refractivity contribution in [1.82, 2.24) is 4.98 Å². The van der Waals surface area contributed by atoms with Crippen LogP contribution in [0.2, 0.25) is 5.15 Å². The molecular weight excluding hydrogens is 176 g/mol. The van der Waals surface area contributed by atoms with Crippen LogP contribution in [0.15, 0.2) is 12.1 Å². The van der Waals surface area contributed by atoms with Crippen LogP contribution >= 0.6 is 11.6 Å². The molecule has 3 nitrogen and oxygen atoms in total. The van der Waals surface area contributed by atoms with Gasteiger partial charge in [0.15, 0.2) is 0 Å². The number of carbonyl (C=O) groups is 1. The molecule has 0 radical (unpaired) electrons. The van der Waals surface area contributed by atoms with Gasteiger partial charge in [0.2, 0.25) is 0 Å². The van der Waals surface area contributed by atoms with Crippen molar-refractivity contribution in [3.63, 3.8) is 0 Å². The number of nitrogens with zero attached hydrogens (tertiary/aromatic N) is 2. The fourth-order valence-electron chi connectivity index (χ4n) is 0.799. The Morgan fingerprint density at radius 1 is 1.50 bits per heavy atom. The zero-order chi connectivity index (χ0) is 9.14. The first-order valence-corrected chi connectivity index (χ1v) is 3.81. The predicted molar refractivity (Wildman–Crippen MR) is 49.0 cm³/mol. The third-order valence-electron chi connectivity index (χ3n) is 1.40. The first-order valence-electron chi connectivity index (χ1n) is 3.43. The second-order valence-electron chi connectivity index (χ2n) is 2.59. The molecule has 0 aliphatic carbocycles. The van der Waals surface area contributed by atoms with E-state index < -0.39 is 0 Å². The SMILES string of the molecule is CN(C)c1cc(C=O)cc(Cl)n1. The van der Waals surface area contributed by atoms with Crippen molar-refractivity contribution in [3.8, 4) is 0 Å². The van der Waals surface area contributed by atoms with Crippen LogP contribution in [0.25, 0.3) is 0 Å². The van der Waals surface area contributed by atoms with Crippen molar-refractivity contribution >= 4 is 23.7 Å². The fraction of sp³-hybridized carbons (Fsp3) is 0.250. The van der Waals surface area contributed by atoms with E-state index in [-0.39, 0.29) is 0 Å². The molecule has 0 saturated heterocycles. The molecule has 0 amide bonds. The fourth-order valence-corrected chi connectivity index (χ4v) is 1.01. The average Bonchev–Trinajstić information content (AvgIpc) is 2.03. The van der Waals surface area contributed by atoms with Gasteiger partial charge < -0.3 is 4.90 Å². The van der Waals surface area contributed by atoms with Crippen LogP contribution in [0.3, 0.4) is 0 Å². The lowest BCUT2D eigenvalue weighted by Crippen LogP contribution is -2.10. The first kappa shape index (κ1) is 9.00. The molecule has 0 bridgehead atoms. The molecular formula is C8H9ClN2O. The highest BCUT2D eigenvalue weighted by Crippen LogP contribution is 2.14. The quantitative estimate of drug-likeness (QED) is 0.517. The van der Waals surface area contributed by atoms with Gasteiger partial charge in [0.1, 0.15) is 17.3 Å². The minimum atomic E-state index is 0.336. The summed E-state index contributed by atoms with van der Waals surface area (Å²) < 4.78 is 0. The third kappa shape index (κ3) is 1.95. The van der Waals surface area contributed by atoms with E-state index in [0.717, 1.165) is 6.29 Å². The van der Waals surface area contributed by atoms with E-state index in [1.165, 1.54) is 6.07 Å². The number of halogens is 1. The van der Waals surface area contributed by atoms with E-state index in [4.69, 9.17) is 11.6 Å². The minimum Gasteiger partial charge on any atom is -0.363 e. The Balaban J connectivity index is 3.14. The van der Waals surface area contributed by atoms with Crippen molar-refractivity contribution in [2.75, 3.05) is 19.0 Å². The van der Waals surface area contributed by atoms with Crippen molar-refractivity contribution in [3.05, 3.63) is 22.8 Å². The molecule has 0 saturated carbocycles. The van der Waals surface area contributed by atoms with Gasteiger partial charge in [0, 0.05) is 19.7 Å². The number of aldehydes is 1. The predicted octanol–water partition coefficient (Wildman–Crippen LogP) is 1.61. The van der Waals surface area contributed by atoms with Crippen molar-refractivity contribution in [2.45, 2.75) is 0 Å². The Morgan fingerprint density at radius 3 is 2.67 bits per heavy atom. The van der Waals surface area contributed by atoms with Crippen LogP contribution in [0.4, 0.5) is 5.82 Å². The van der Waals surface area contributed by atoms with Gasteiger partial charge in [0.05, 0.1) is 0 Å². The Hall–Kier alpha value is -1.09. The highest BCUT2D eigenvalue weighted by molar-refractivity contribution is 6.29. The Morgan fingerprint density at radius 2 is 2.17 bits per heavy atom. The number of hydrogen-bond acceptors (Lipinski definition) is 3. The van der Waals surface area contributed by atoms with Crippen molar-refractivity contribution in [2.24, 2.45) is 0 Å². The smallest absolute Gasteiger partial charge is 0.150 e. The molecule has 0 aromatic carbocycles. The molecule has 0 aliphatic heterocycles. The van der Waals surface area contributed by atoms with Crippen LogP contribution in [-0.2, 0) is 0 Å². The van der Waals surface area contributed by atoms with E-state index in [9.17, 15) is 4.79 Å². The van der Waals surface area contributed by atoms with E-state index >= 15 is 0 Å². The van der Waals surface area contributed by atoms with Gasteiger partial charge >= 0.3 is 0 Å². The van der Waals surface area contributed by atoms with E-state index in [0.29, 0.717) is 16.5 Å².